The fourth-order valence-electron chi connectivity index (χ4n) is 1.68. The highest BCUT2D eigenvalue weighted by molar-refractivity contribution is 5.97. The molecule has 1 aromatic rings. The highest BCUT2D eigenvalue weighted by atomic mass is 16.3. The van der Waals surface area contributed by atoms with Crippen LogP contribution < -0.4 is 22.1 Å². The second kappa shape index (κ2) is 8.63. The molecule has 1 atom stereocenters. The van der Waals surface area contributed by atoms with Crippen molar-refractivity contribution in [2.24, 2.45) is 16.5 Å². The fraction of sp³-hybridized carbons (Fsp3) is 0.357. The van der Waals surface area contributed by atoms with E-state index in [0.29, 0.717) is 17.7 Å². The number of aliphatic hydroxyl groups is 1. The minimum Gasteiger partial charge on any atom is -0.394 e. The summed E-state index contributed by atoms with van der Waals surface area (Å²) < 4.78 is 0. The van der Waals surface area contributed by atoms with Gasteiger partial charge in [0.15, 0.2) is 5.96 Å². The van der Waals surface area contributed by atoms with Crippen molar-refractivity contribution in [1.82, 2.24) is 10.6 Å². The van der Waals surface area contributed by atoms with Crippen LogP contribution >= 0.6 is 0 Å². The molecule has 22 heavy (non-hydrogen) atoms. The molecule has 0 radical (unpaired) electrons. The molecule has 0 aliphatic carbocycles. The Morgan fingerprint density at radius 3 is 2.68 bits per heavy atom. The Labute approximate surface area is 128 Å². The molecule has 8 heteroatoms. The van der Waals surface area contributed by atoms with Gasteiger partial charge in [-0.05, 0) is 24.6 Å². The molecule has 0 saturated carbocycles. The summed E-state index contributed by atoms with van der Waals surface area (Å²) in [6, 6.07) is 6.07. The van der Waals surface area contributed by atoms with Crippen LogP contribution in [-0.4, -0.2) is 42.1 Å². The zero-order chi connectivity index (χ0) is 16.5. The lowest BCUT2D eigenvalue weighted by molar-refractivity contribution is -0.121. The maximum Gasteiger partial charge on any atom is 0.251 e. The van der Waals surface area contributed by atoms with Gasteiger partial charge < -0.3 is 27.2 Å². The third-order valence-corrected chi connectivity index (χ3v) is 2.85. The molecule has 0 aromatic heterocycles. The molecule has 0 aliphatic heterocycles. The summed E-state index contributed by atoms with van der Waals surface area (Å²) in [4.78, 5) is 27.4. The molecule has 0 spiro atoms. The molecular formula is C14H21N5O3. The Balaban J connectivity index is 2.59. The molecule has 1 rings (SSSR count). The maximum absolute atomic E-state index is 12.0. The Morgan fingerprint density at radius 2 is 2.09 bits per heavy atom. The molecule has 0 bridgehead atoms. The maximum atomic E-state index is 12.0. The van der Waals surface area contributed by atoms with Gasteiger partial charge in [0.25, 0.3) is 5.91 Å². The first-order chi connectivity index (χ1) is 10.5. The van der Waals surface area contributed by atoms with Crippen LogP contribution in [0.3, 0.4) is 0 Å². The van der Waals surface area contributed by atoms with Crippen molar-refractivity contribution in [2.45, 2.75) is 19.4 Å². The van der Waals surface area contributed by atoms with E-state index >= 15 is 0 Å². The van der Waals surface area contributed by atoms with Crippen LogP contribution in [0.15, 0.2) is 29.3 Å². The van der Waals surface area contributed by atoms with Gasteiger partial charge in [-0.15, -0.1) is 0 Å². The minimum absolute atomic E-state index is 0.105. The summed E-state index contributed by atoms with van der Waals surface area (Å²) in [7, 11) is 0. The van der Waals surface area contributed by atoms with Gasteiger partial charge in [-0.3, -0.25) is 9.59 Å². The van der Waals surface area contributed by atoms with E-state index in [4.69, 9.17) is 16.6 Å². The van der Waals surface area contributed by atoms with E-state index in [1.807, 2.05) is 6.92 Å². The van der Waals surface area contributed by atoms with Gasteiger partial charge in [-0.25, -0.2) is 4.99 Å². The number of rotatable bonds is 7. The summed E-state index contributed by atoms with van der Waals surface area (Å²) >= 11 is 0. The van der Waals surface area contributed by atoms with Crippen molar-refractivity contribution >= 4 is 23.5 Å². The molecule has 0 heterocycles. The quantitative estimate of drug-likeness (QED) is 0.331. The monoisotopic (exact) mass is 307 g/mol. The highest BCUT2D eigenvalue weighted by Crippen LogP contribution is 2.13. The topological polar surface area (TPSA) is 143 Å². The molecule has 8 nitrogen and oxygen atoms in total. The zero-order valence-electron chi connectivity index (χ0n) is 12.4. The van der Waals surface area contributed by atoms with Crippen molar-refractivity contribution in [2.75, 3.05) is 13.2 Å². The lowest BCUT2D eigenvalue weighted by atomic mass is 10.2. The summed E-state index contributed by atoms with van der Waals surface area (Å²) in [6.45, 7) is 1.52. The van der Waals surface area contributed by atoms with Crippen molar-refractivity contribution in [3.05, 3.63) is 29.8 Å². The average Bonchev–Trinajstić information content (AvgIpc) is 2.49. The van der Waals surface area contributed by atoms with Crippen LogP contribution in [0.1, 0.15) is 23.7 Å². The van der Waals surface area contributed by atoms with Crippen molar-refractivity contribution in [3.63, 3.8) is 0 Å². The van der Waals surface area contributed by atoms with Crippen LogP contribution in [0.25, 0.3) is 0 Å². The summed E-state index contributed by atoms with van der Waals surface area (Å²) in [6.07, 6.45) is 0.608. The Kier molecular flexibility index (Phi) is 6.84. The predicted octanol–water partition coefficient (Wildman–Crippen LogP) is -0.792. The van der Waals surface area contributed by atoms with E-state index in [0.717, 1.165) is 0 Å². The number of amides is 2. The third kappa shape index (κ3) is 5.80. The van der Waals surface area contributed by atoms with E-state index < -0.39 is 5.91 Å². The number of hydrogen-bond acceptors (Lipinski definition) is 4. The van der Waals surface area contributed by atoms with Crippen molar-refractivity contribution in [3.8, 4) is 0 Å². The number of aliphatic hydroxyl groups excluding tert-OH is 1. The van der Waals surface area contributed by atoms with Gasteiger partial charge in [0.05, 0.1) is 24.9 Å². The molecule has 0 fully saturated rings. The average molecular weight is 307 g/mol. The SMILES string of the molecule is CCC(CO)NC(=O)CNC(=O)c1cccc(N=C(N)N)c1. The first-order valence-corrected chi connectivity index (χ1v) is 6.84. The van der Waals surface area contributed by atoms with Crippen LogP contribution in [-0.2, 0) is 4.79 Å². The number of carbonyl (C=O) groups is 2. The lowest BCUT2D eigenvalue weighted by Gasteiger charge is -2.14. The smallest absolute Gasteiger partial charge is 0.251 e. The van der Waals surface area contributed by atoms with Gasteiger partial charge in [0, 0.05) is 5.56 Å². The summed E-state index contributed by atoms with van der Waals surface area (Å²) in [5.41, 5.74) is 11.3. The highest BCUT2D eigenvalue weighted by Gasteiger charge is 2.11. The largest absolute Gasteiger partial charge is 0.394 e. The van der Waals surface area contributed by atoms with Crippen molar-refractivity contribution in [1.29, 1.82) is 0 Å². The molecule has 120 valence electrons. The number of guanidine groups is 1. The van der Waals surface area contributed by atoms with Crippen LogP contribution in [0.5, 0.6) is 0 Å². The number of aliphatic imine (C=N–C) groups is 1. The zero-order valence-corrected chi connectivity index (χ0v) is 12.4. The number of benzene rings is 1. The second-order valence-electron chi connectivity index (χ2n) is 4.62. The van der Waals surface area contributed by atoms with Crippen LogP contribution in [0.4, 0.5) is 5.69 Å². The van der Waals surface area contributed by atoms with Gasteiger partial charge in [0.2, 0.25) is 5.91 Å². The van der Waals surface area contributed by atoms with E-state index in [1.165, 1.54) is 6.07 Å². The Bertz CT molecular complexity index is 551. The Hall–Kier alpha value is -2.61. The number of nitrogens with two attached hydrogens (primary N) is 2. The van der Waals surface area contributed by atoms with E-state index in [2.05, 4.69) is 15.6 Å². The molecule has 0 saturated heterocycles. The molecule has 7 N–H and O–H groups in total. The van der Waals surface area contributed by atoms with Gasteiger partial charge >= 0.3 is 0 Å². The van der Waals surface area contributed by atoms with Gasteiger partial charge in [-0.1, -0.05) is 13.0 Å². The standard InChI is InChI=1S/C14H21N5O3/c1-2-10(8-20)18-12(21)7-17-13(22)9-4-3-5-11(6-9)19-14(15)16/h3-6,10,20H,2,7-8H2,1H3,(H,17,22)(H,18,21)(H4,15,16,19). The van der Waals surface area contributed by atoms with Gasteiger partial charge in [0.1, 0.15) is 0 Å². The number of nitrogens with one attached hydrogen (secondary N) is 2. The molecular weight excluding hydrogens is 286 g/mol. The van der Waals surface area contributed by atoms with E-state index in [1.54, 1.807) is 18.2 Å². The van der Waals surface area contributed by atoms with Crippen LogP contribution in [0, 0.1) is 0 Å². The first-order valence-electron chi connectivity index (χ1n) is 6.84. The summed E-state index contributed by atoms with van der Waals surface area (Å²) in [5, 5.41) is 14.1. The molecule has 2 amide bonds. The molecule has 1 unspecified atom stereocenters. The normalized spacial score (nSPS) is 11.4. The lowest BCUT2D eigenvalue weighted by Crippen LogP contribution is -2.43. The molecule has 1 aromatic carbocycles. The predicted molar refractivity (Wildman–Crippen MR) is 83.6 cm³/mol. The minimum atomic E-state index is -0.417. The van der Waals surface area contributed by atoms with Crippen LogP contribution in [0.2, 0.25) is 0 Å². The van der Waals surface area contributed by atoms with Crippen molar-refractivity contribution < 1.29 is 14.7 Å². The number of hydrogen-bond donors (Lipinski definition) is 5. The first kappa shape index (κ1) is 17.4. The third-order valence-electron chi connectivity index (χ3n) is 2.85. The van der Waals surface area contributed by atoms with E-state index in [9.17, 15) is 9.59 Å². The fourth-order valence-corrected chi connectivity index (χ4v) is 1.68. The summed E-state index contributed by atoms with van der Waals surface area (Å²) in [5.74, 6) is -0.888. The molecule has 0 aliphatic rings. The Morgan fingerprint density at radius 1 is 1.36 bits per heavy atom. The van der Waals surface area contributed by atoms with E-state index in [-0.39, 0.29) is 31.1 Å². The number of carbonyl (C=O) groups excluding carboxylic acids is 2. The number of nitrogens with zero attached hydrogens (tertiary/aromatic N) is 1. The second-order valence-corrected chi connectivity index (χ2v) is 4.62. The van der Waals surface area contributed by atoms with Gasteiger partial charge in [-0.2, -0.15) is 0 Å².